The van der Waals surface area contributed by atoms with Gasteiger partial charge in [-0.15, -0.1) is 0 Å². The summed E-state index contributed by atoms with van der Waals surface area (Å²) in [6.45, 7) is 0. The van der Waals surface area contributed by atoms with Gasteiger partial charge in [-0.2, -0.15) is 5.26 Å². The minimum Gasteiger partial charge on any atom is -0.465 e. The monoisotopic (exact) mass is 215 g/mol. The van der Waals surface area contributed by atoms with Crippen molar-refractivity contribution in [2.24, 2.45) is 0 Å². The Morgan fingerprint density at radius 2 is 2.25 bits per heavy atom. The minimum atomic E-state index is -0.447. The first-order valence-electron chi connectivity index (χ1n) is 5.38. The normalized spacial score (nSPS) is 15.0. The highest BCUT2D eigenvalue weighted by atomic mass is 16.5. The van der Waals surface area contributed by atoms with E-state index in [1.54, 1.807) is 6.07 Å². The number of ether oxygens (including phenoxy) is 1. The van der Waals surface area contributed by atoms with Gasteiger partial charge in [0.25, 0.3) is 0 Å². The van der Waals surface area contributed by atoms with E-state index >= 15 is 0 Å². The molecule has 0 heterocycles. The second-order valence-electron chi connectivity index (χ2n) is 4.04. The molecule has 82 valence electrons. The predicted molar refractivity (Wildman–Crippen MR) is 59.1 cm³/mol. The van der Waals surface area contributed by atoms with Crippen LogP contribution in [0.15, 0.2) is 18.2 Å². The summed E-state index contributed by atoms with van der Waals surface area (Å²) in [6, 6.07) is 7.49. The van der Waals surface area contributed by atoms with Crippen LogP contribution in [0.3, 0.4) is 0 Å². The van der Waals surface area contributed by atoms with E-state index in [9.17, 15) is 4.79 Å². The van der Waals surface area contributed by atoms with Gasteiger partial charge in [-0.05, 0) is 36.5 Å². The number of benzene rings is 1. The van der Waals surface area contributed by atoms with Crippen molar-refractivity contribution in [2.45, 2.75) is 25.2 Å². The molecule has 0 spiro atoms. The van der Waals surface area contributed by atoms with Crippen LogP contribution in [-0.4, -0.2) is 13.1 Å². The van der Waals surface area contributed by atoms with Crippen molar-refractivity contribution in [1.29, 1.82) is 5.26 Å². The van der Waals surface area contributed by atoms with E-state index in [1.807, 2.05) is 12.1 Å². The first-order chi connectivity index (χ1) is 7.76. The van der Waals surface area contributed by atoms with Crippen LogP contribution >= 0.6 is 0 Å². The molecule has 0 amide bonds. The summed E-state index contributed by atoms with van der Waals surface area (Å²) in [6.07, 6.45) is 3.62. The van der Waals surface area contributed by atoms with Gasteiger partial charge < -0.3 is 4.74 Å². The number of carbonyl (C=O) groups excluding carboxylic acids is 1. The quantitative estimate of drug-likeness (QED) is 0.712. The molecular formula is C13H13NO2. The van der Waals surface area contributed by atoms with E-state index in [1.165, 1.54) is 26.4 Å². The van der Waals surface area contributed by atoms with E-state index in [4.69, 9.17) is 5.26 Å². The van der Waals surface area contributed by atoms with Crippen LogP contribution in [0.5, 0.6) is 0 Å². The Kier molecular flexibility index (Phi) is 2.91. The Morgan fingerprint density at radius 3 is 2.75 bits per heavy atom. The van der Waals surface area contributed by atoms with E-state index in [0.29, 0.717) is 17.0 Å². The topological polar surface area (TPSA) is 50.1 Å². The summed E-state index contributed by atoms with van der Waals surface area (Å²) in [5.41, 5.74) is 1.93. The maximum absolute atomic E-state index is 11.4. The molecule has 1 aromatic carbocycles. The second kappa shape index (κ2) is 4.36. The van der Waals surface area contributed by atoms with Gasteiger partial charge in [0.15, 0.2) is 0 Å². The van der Waals surface area contributed by atoms with Crippen molar-refractivity contribution >= 4 is 5.97 Å². The van der Waals surface area contributed by atoms with Crippen molar-refractivity contribution in [2.75, 3.05) is 7.11 Å². The van der Waals surface area contributed by atoms with Gasteiger partial charge in [0.05, 0.1) is 18.2 Å². The average molecular weight is 215 g/mol. The first-order valence-corrected chi connectivity index (χ1v) is 5.38. The molecule has 0 N–H and O–H groups in total. The smallest absolute Gasteiger partial charge is 0.339 e. The number of hydrogen-bond acceptors (Lipinski definition) is 3. The molecule has 0 saturated heterocycles. The molecule has 1 fully saturated rings. The molecule has 0 unspecified atom stereocenters. The zero-order valence-electron chi connectivity index (χ0n) is 9.19. The molecule has 1 aromatic rings. The Morgan fingerprint density at radius 1 is 1.50 bits per heavy atom. The standard InChI is InChI=1S/C13H13NO2/c1-16-13(15)12-6-5-10(7-11(12)8-14)9-3-2-4-9/h5-7,9H,2-4H2,1H3. The fourth-order valence-electron chi connectivity index (χ4n) is 1.94. The molecule has 3 heteroatoms. The van der Waals surface area contributed by atoms with E-state index in [0.717, 1.165) is 5.56 Å². The molecule has 0 bridgehead atoms. The molecule has 16 heavy (non-hydrogen) atoms. The summed E-state index contributed by atoms with van der Waals surface area (Å²) < 4.78 is 4.63. The Labute approximate surface area is 94.6 Å². The largest absolute Gasteiger partial charge is 0.465 e. The summed E-state index contributed by atoms with van der Waals surface area (Å²) in [4.78, 5) is 11.4. The number of methoxy groups -OCH3 is 1. The third kappa shape index (κ3) is 1.79. The lowest BCUT2D eigenvalue weighted by Gasteiger charge is -2.26. The van der Waals surface area contributed by atoms with Gasteiger partial charge in [0, 0.05) is 0 Å². The molecule has 0 aromatic heterocycles. The van der Waals surface area contributed by atoms with Crippen molar-refractivity contribution in [3.63, 3.8) is 0 Å². The van der Waals surface area contributed by atoms with Crippen LogP contribution in [-0.2, 0) is 4.74 Å². The molecule has 1 aliphatic rings. The highest BCUT2D eigenvalue weighted by molar-refractivity contribution is 5.92. The maximum Gasteiger partial charge on any atom is 0.339 e. The number of hydrogen-bond donors (Lipinski definition) is 0. The lowest BCUT2D eigenvalue weighted by molar-refractivity contribution is 0.0600. The predicted octanol–water partition coefficient (Wildman–Crippen LogP) is 2.61. The molecule has 1 saturated carbocycles. The lowest BCUT2D eigenvalue weighted by atomic mass is 9.79. The summed E-state index contributed by atoms with van der Waals surface area (Å²) in [5.74, 6) is 0.121. The number of esters is 1. The minimum absolute atomic E-state index is 0.355. The third-order valence-corrected chi connectivity index (χ3v) is 3.15. The molecule has 0 atom stereocenters. The van der Waals surface area contributed by atoms with Crippen LogP contribution < -0.4 is 0 Å². The fourth-order valence-corrected chi connectivity index (χ4v) is 1.94. The van der Waals surface area contributed by atoms with Gasteiger partial charge in [0.2, 0.25) is 0 Å². The highest BCUT2D eigenvalue weighted by Crippen LogP contribution is 2.36. The van der Waals surface area contributed by atoms with Crippen molar-refractivity contribution in [3.8, 4) is 6.07 Å². The van der Waals surface area contributed by atoms with Gasteiger partial charge >= 0.3 is 5.97 Å². The van der Waals surface area contributed by atoms with Crippen LogP contribution in [0.2, 0.25) is 0 Å². The highest BCUT2D eigenvalue weighted by Gasteiger charge is 2.21. The summed E-state index contributed by atoms with van der Waals surface area (Å²) in [7, 11) is 1.32. The average Bonchev–Trinajstić information content (AvgIpc) is 2.25. The molecule has 2 rings (SSSR count). The lowest BCUT2D eigenvalue weighted by Crippen LogP contribution is -2.10. The zero-order valence-corrected chi connectivity index (χ0v) is 9.19. The van der Waals surface area contributed by atoms with E-state index in [-0.39, 0.29) is 0 Å². The van der Waals surface area contributed by atoms with Crippen molar-refractivity contribution in [1.82, 2.24) is 0 Å². The van der Waals surface area contributed by atoms with E-state index < -0.39 is 5.97 Å². The molecule has 0 aliphatic heterocycles. The zero-order chi connectivity index (χ0) is 11.5. The van der Waals surface area contributed by atoms with Crippen LogP contribution in [0.4, 0.5) is 0 Å². The SMILES string of the molecule is COC(=O)c1ccc(C2CCC2)cc1C#N. The van der Waals surface area contributed by atoms with Crippen molar-refractivity contribution in [3.05, 3.63) is 34.9 Å². The number of rotatable bonds is 2. The molecule has 1 aliphatic carbocycles. The fraction of sp³-hybridized carbons (Fsp3) is 0.385. The van der Waals surface area contributed by atoms with Gasteiger partial charge in [-0.3, -0.25) is 0 Å². The maximum atomic E-state index is 11.4. The summed E-state index contributed by atoms with van der Waals surface area (Å²) in [5, 5.41) is 9.00. The molecule has 3 nitrogen and oxygen atoms in total. The van der Waals surface area contributed by atoms with Crippen LogP contribution in [0.1, 0.15) is 46.7 Å². The van der Waals surface area contributed by atoms with Gasteiger partial charge in [-0.1, -0.05) is 12.5 Å². The molecular weight excluding hydrogens is 202 g/mol. The Balaban J connectivity index is 2.35. The first kappa shape index (κ1) is 10.7. The Hall–Kier alpha value is -1.82. The van der Waals surface area contributed by atoms with Crippen LogP contribution in [0.25, 0.3) is 0 Å². The van der Waals surface area contributed by atoms with Gasteiger partial charge in [0.1, 0.15) is 6.07 Å². The number of nitriles is 1. The molecule has 0 radical (unpaired) electrons. The second-order valence-corrected chi connectivity index (χ2v) is 4.04. The number of carbonyl (C=O) groups is 1. The summed E-state index contributed by atoms with van der Waals surface area (Å²) >= 11 is 0. The number of nitrogens with zero attached hydrogens (tertiary/aromatic N) is 1. The van der Waals surface area contributed by atoms with Crippen LogP contribution in [0, 0.1) is 11.3 Å². The van der Waals surface area contributed by atoms with Crippen molar-refractivity contribution < 1.29 is 9.53 Å². The Bertz CT molecular complexity index is 455. The van der Waals surface area contributed by atoms with E-state index in [2.05, 4.69) is 10.8 Å². The van der Waals surface area contributed by atoms with Gasteiger partial charge in [-0.25, -0.2) is 4.79 Å². The third-order valence-electron chi connectivity index (χ3n) is 3.15.